The van der Waals surface area contributed by atoms with E-state index in [1.54, 1.807) is 7.05 Å². The van der Waals surface area contributed by atoms with Gasteiger partial charge in [0.25, 0.3) is 0 Å². The minimum atomic E-state index is -0.460. The lowest BCUT2D eigenvalue weighted by atomic mass is 9.88. The molecule has 0 bridgehead atoms. The van der Waals surface area contributed by atoms with Gasteiger partial charge in [0.2, 0.25) is 11.8 Å². The molecule has 0 radical (unpaired) electrons. The zero-order chi connectivity index (χ0) is 14.3. The van der Waals surface area contributed by atoms with Crippen LogP contribution in [0, 0.1) is 5.92 Å². The van der Waals surface area contributed by atoms with Gasteiger partial charge in [0.05, 0.1) is 6.54 Å². The van der Waals surface area contributed by atoms with E-state index in [1.807, 2.05) is 19.1 Å². The Morgan fingerprint density at radius 2 is 2.05 bits per heavy atom. The lowest BCUT2D eigenvalue weighted by molar-refractivity contribution is -0.143. The van der Waals surface area contributed by atoms with Crippen LogP contribution in [0.4, 0.5) is 0 Å². The van der Waals surface area contributed by atoms with E-state index in [0.29, 0.717) is 0 Å². The van der Waals surface area contributed by atoms with Gasteiger partial charge in [0, 0.05) is 13.0 Å². The molecule has 1 heterocycles. The number of hydrogen-bond acceptors (Lipinski definition) is 2. The van der Waals surface area contributed by atoms with Gasteiger partial charge >= 0.3 is 0 Å². The van der Waals surface area contributed by atoms with Gasteiger partial charge in [-0.25, -0.2) is 0 Å². The molecule has 4 heteroatoms. The summed E-state index contributed by atoms with van der Waals surface area (Å²) in [4.78, 5) is 25.4. The summed E-state index contributed by atoms with van der Waals surface area (Å²) in [7, 11) is 1.68. The van der Waals surface area contributed by atoms with E-state index in [9.17, 15) is 9.59 Å². The highest BCUT2D eigenvalue weighted by molar-refractivity contribution is 5.96. The highest BCUT2D eigenvalue weighted by Gasteiger charge is 2.36. The maximum atomic E-state index is 12.3. The van der Waals surface area contributed by atoms with Crippen molar-refractivity contribution >= 4 is 17.4 Å². The normalized spacial score (nSPS) is 23.2. The Kier molecular flexibility index (Phi) is 3.08. The summed E-state index contributed by atoms with van der Waals surface area (Å²) >= 11 is 0. The van der Waals surface area contributed by atoms with Gasteiger partial charge in [-0.15, -0.1) is 0 Å². The van der Waals surface area contributed by atoms with Crippen LogP contribution in [-0.4, -0.2) is 36.3 Å². The lowest BCUT2D eigenvalue weighted by Gasteiger charge is -2.34. The molecule has 1 aliphatic heterocycles. The van der Waals surface area contributed by atoms with Crippen molar-refractivity contribution < 1.29 is 9.59 Å². The fraction of sp³-hybridized carbons (Fsp3) is 0.375. The van der Waals surface area contributed by atoms with Crippen molar-refractivity contribution in [2.24, 2.45) is 5.92 Å². The van der Waals surface area contributed by atoms with E-state index in [-0.39, 0.29) is 24.3 Å². The number of allylic oxidation sites excluding steroid dienone is 1. The Labute approximate surface area is 118 Å². The minimum absolute atomic E-state index is 0.0117. The second-order valence-electron chi connectivity index (χ2n) is 5.55. The Morgan fingerprint density at radius 3 is 2.85 bits per heavy atom. The molecule has 0 saturated carbocycles. The fourth-order valence-corrected chi connectivity index (χ4v) is 3.07. The van der Waals surface area contributed by atoms with Crippen molar-refractivity contribution in [1.29, 1.82) is 0 Å². The van der Waals surface area contributed by atoms with Gasteiger partial charge in [-0.2, -0.15) is 0 Å². The van der Waals surface area contributed by atoms with Crippen LogP contribution in [0.25, 0.3) is 5.57 Å². The molecular weight excluding hydrogens is 252 g/mol. The van der Waals surface area contributed by atoms with Gasteiger partial charge in [-0.1, -0.05) is 37.3 Å². The van der Waals surface area contributed by atoms with Crippen LogP contribution in [0.5, 0.6) is 0 Å². The summed E-state index contributed by atoms with van der Waals surface area (Å²) in [5, 5.41) is 2.83. The molecule has 1 saturated heterocycles. The molecule has 2 atom stereocenters. The lowest BCUT2D eigenvalue weighted by Crippen LogP contribution is -2.59. The van der Waals surface area contributed by atoms with Gasteiger partial charge in [-0.3, -0.25) is 9.59 Å². The third-order valence-corrected chi connectivity index (χ3v) is 4.20. The Bertz CT molecular complexity index is 606. The van der Waals surface area contributed by atoms with E-state index in [4.69, 9.17) is 0 Å². The van der Waals surface area contributed by atoms with Crippen LogP contribution in [-0.2, 0) is 16.0 Å². The topological polar surface area (TPSA) is 49.4 Å². The van der Waals surface area contributed by atoms with Gasteiger partial charge in [0.15, 0.2) is 0 Å². The van der Waals surface area contributed by atoms with E-state index in [2.05, 4.69) is 23.5 Å². The maximum Gasteiger partial charge on any atom is 0.245 e. The monoisotopic (exact) mass is 270 g/mol. The Morgan fingerprint density at radius 1 is 1.30 bits per heavy atom. The quantitative estimate of drug-likeness (QED) is 0.878. The molecule has 20 heavy (non-hydrogen) atoms. The molecule has 1 fully saturated rings. The molecule has 0 unspecified atom stereocenters. The first-order valence-electron chi connectivity index (χ1n) is 6.90. The van der Waals surface area contributed by atoms with Crippen molar-refractivity contribution in [3.05, 3.63) is 41.5 Å². The molecule has 3 rings (SSSR count). The third kappa shape index (κ3) is 2.01. The standard InChI is InChI=1S/C16H18N2O2/c1-10(15-16(20)18(2)9-14(19)17-15)12-8-7-11-5-3-4-6-13(11)12/h3-6,8,10,15H,7,9H2,1-2H3,(H,17,19)/t10-,15-/m0/s1. The summed E-state index contributed by atoms with van der Waals surface area (Å²) in [6.45, 7) is 2.16. The first-order chi connectivity index (χ1) is 9.58. The van der Waals surface area contributed by atoms with Crippen molar-refractivity contribution in [2.75, 3.05) is 13.6 Å². The third-order valence-electron chi connectivity index (χ3n) is 4.20. The van der Waals surface area contributed by atoms with Crippen LogP contribution >= 0.6 is 0 Å². The van der Waals surface area contributed by atoms with E-state index in [0.717, 1.165) is 12.0 Å². The first kappa shape index (κ1) is 12.9. The summed E-state index contributed by atoms with van der Waals surface area (Å²) < 4.78 is 0. The molecule has 0 aromatic heterocycles. The summed E-state index contributed by atoms with van der Waals surface area (Å²) in [6, 6.07) is 7.78. The van der Waals surface area contributed by atoms with Gasteiger partial charge < -0.3 is 10.2 Å². The number of nitrogens with zero attached hydrogens (tertiary/aromatic N) is 1. The fourth-order valence-electron chi connectivity index (χ4n) is 3.07. The number of benzene rings is 1. The molecule has 4 nitrogen and oxygen atoms in total. The van der Waals surface area contributed by atoms with E-state index in [1.165, 1.54) is 16.0 Å². The number of piperazine rings is 1. The predicted octanol–water partition coefficient (Wildman–Crippen LogP) is 1.22. The number of fused-ring (bicyclic) bond motifs is 1. The van der Waals surface area contributed by atoms with Gasteiger partial charge in [0.1, 0.15) is 6.04 Å². The molecule has 1 aromatic carbocycles. The molecular formula is C16H18N2O2. The summed E-state index contributed by atoms with van der Waals surface area (Å²) in [6.07, 6.45) is 3.07. The molecule has 2 aliphatic rings. The molecule has 1 aromatic rings. The number of carbonyl (C=O) groups excluding carboxylic acids is 2. The molecule has 0 spiro atoms. The summed E-state index contributed by atoms with van der Waals surface area (Å²) in [5.41, 5.74) is 3.65. The van der Waals surface area contributed by atoms with Crippen LogP contribution in [0.15, 0.2) is 30.3 Å². The molecule has 1 aliphatic carbocycles. The highest BCUT2D eigenvalue weighted by atomic mass is 16.2. The van der Waals surface area contributed by atoms with Crippen molar-refractivity contribution in [3.63, 3.8) is 0 Å². The average Bonchev–Trinajstić information content (AvgIpc) is 2.86. The second-order valence-corrected chi connectivity index (χ2v) is 5.55. The number of hydrogen-bond donors (Lipinski definition) is 1. The Balaban J connectivity index is 1.88. The SMILES string of the molecule is C[C@@H](C1=CCc2ccccc21)[C@@H]1NC(=O)CN(C)C1=O. The molecule has 104 valence electrons. The minimum Gasteiger partial charge on any atom is -0.342 e. The largest absolute Gasteiger partial charge is 0.342 e. The van der Waals surface area contributed by atoms with Crippen LogP contribution in [0.2, 0.25) is 0 Å². The highest BCUT2D eigenvalue weighted by Crippen LogP contribution is 2.34. The summed E-state index contributed by atoms with van der Waals surface area (Å²) in [5.74, 6) is -0.115. The number of rotatable bonds is 2. The predicted molar refractivity (Wildman–Crippen MR) is 76.9 cm³/mol. The zero-order valence-electron chi connectivity index (χ0n) is 11.7. The first-order valence-corrected chi connectivity index (χ1v) is 6.90. The van der Waals surface area contributed by atoms with E-state index >= 15 is 0 Å². The second kappa shape index (κ2) is 4.78. The van der Waals surface area contributed by atoms with Crippen molar-refractivity contribution in [2.45, 2.75) is 19.4 Å². The van der Waals surface area contributed by atoms with Crippen LogP contribution in [0.3, 0.4) is 0 Å². The average molecular weight is 270 g/mol. The smallest absolute Gasteiger partial charge is 0.245 e. The number of nitrogens with one attached hydrogen (secondary N) is 1. The van der Waals surface area contributed by atoms with Crippen LogP contribution in [0.1, 0.15) is 18.1 Å². The zero-order valence-corrected chi connectivity index (χ0v) is 11.7. The van der Waals surface area contributed by atoms with Gasteiger partial charge in [-0.05, 0) is 23.1 Å². The number of amides is 2. The van der Waals surface area contributed by atoms with Crippen molar-refractivity contribution in [1.82, 2.24) is 10.2 Å². The van der Waals surface area contributed by atoms with E-state index < -0.39 is 6.04 Å². The maximum absolute atomic E-state index is 12.3. The number of carbonyl (C=O) groups is 2. The van der Waals surface area contributed by atoms with Crippen LogP contribution < -0.4 is 5.32 Å². The Hall–Kier alpha value is -2.10. The molecule has 1 N–H and O–H groups in total. The number of likely N-dealkylation sites (N-methyl/N-ethyl adjacent to an activating group) is 1. The molecule has 2 amide bonds. The van der Waals surface area contributed by atoms with Crippen molar-refractivity contribution in [3.8, 4) is 0 Å².